The average molecular weight is 397 g/mol. The van der Waals surface area contributed by atoms with E-state index in [1.54, 1.807) is 12.3 Å². The Hall–Kier alpha value is -2.93. The number of benzene rings is 2. The molecule has 1 aromatic heterocycles. The smallest absolute Gasteiger partial charge is 0.263 e. The van der Waals surface area contributed by atoms with E-state index in [-0.39, 0.29) is 16.3 Å². The molecule has 0 amide bonds. The maximum Gasteiger partial charge on any atom is 0.263 e. The van der Waals surface area contributed by atoms with Crippen LogP contribution >= 0.6 is 0 Å². The molecule has 7 heteroatoms. The van der Waals surface area contributed by atoms with Gasteiger partial charge < -0.3 is 4.90 Å². The Morgan fingerprint density at radius 1 is 1.11 bits per heavy atom. The van der Waals surface area contributed by atoms with Crippen molar-refractivity contribution in [3.05, 3.63) is 77.7 Å². The zero-order valence-corrected chi connectivity index (χ0v) is 16.2. The largest absolute Gasteiger partial charge is 0.340 e. The molecule has 0 bridgehead atoms. The summed E-state index contributed by atoms with van der Waals surface area (Å²) in [6.07, 6.45) is 3.76. The molecule has 0 saturated heterocycles. The van der Waals surface area contributed by atoms with Crippen molar-refractivity contribution >= 4 is 27.2 Å². The highest BCUT2D eigenvalue weighted by molar-refractivity contribution is 7.92. The zero-order chi connectivity index (χ0) is 19.7. The molecule has 4 rings (SSSR count). The molecule has 0 aliphatic carbocycles. The van der Waals surface area contributed by atoms with Crippen molar-refractivity contribution < 1.29 is 12.8 Å². The number of para-hydroxylation sites is 1. The molecular weight excluding hydrogens is 377 g/mol. The van der Waals surface area contributed by atoms with Gasteiger partial charge in [0, 0.05) is 12.2 Å². The highest BCUT2D eigenvalue weighted by atomic mass is 32.2. The van der Waals surface area contributed by atoms with Crippen molar-refractivity contribution in [1.82, 2.24) is 4.98 Å². The first kappa shape index (κ1) is 18.4. The van der Waals surface area contributed by atoms with Crippen LogP contribution in [0, 0.1) is 12.7 Å². The van der Waals surface area contributed by atoms with E-state index in [0.717, 1.165) is 36.8 Å². The second kappa shape index (κ2) is 7.24. The van der Waals surface area contributed by atoms with Gasteiger partial charge >= 0.3 is 0 Å². The van der Waals surface area contributed by atoms with Crippen LogP contribution in [0.1, 0.15) is 17.5 Å². The molecule has 2 heterocycles. The Labute approximate surface area is 163 Å². The van der Waals surface area contributed by atoms with Crippen molar-refractivity contribution in [2.45, 2.75) is 24.7 Å². The predicted molar refractivity (Wildman–Crippen MR) is 108 cm³/mol. The third-order valence-corrected chi connectivity index (χ3v) is 6.20. The minimum absolute atomic E-state index is 0.00207. The van der Waals surface area contributed by atoms with E-state index in [9.17, 15) is 12.8 Å². The summed E-state index contributed by atoms with van der Waals surface area (Å²) in [4.78, 5) is 6.46. The summed E-state index contributed by atoms with van der Waals surface area (Å²) < 4.78 is 40.9. The fraction of sp³-hybridized carbons (Fsp3) is 0.190. The zero-order valence-electron chi connectivity index (χ0n) is 15.4. The van der Waals surface area contributed by atoms with Gasteiger partial charge in [0.25, 0.3) is 10.0 Å². The molecule has 0 saturated carbocycles. The summed E-state index contributed by atoms with van der Waals surface area (Å²) >= 11 is 0. The Morgan fingerprint density at radius 3 is 2.68 bits per heavy atom. The Balaban J connectivity index is 1.56. The third-order valence-electron chi connectivity index (χ3n) is 4.85. The fourth-order valence-electron chi connectivity index (χ4n) is 3.39. The van der Waals surface area contributed by atoms with Gasteiger partial charge in [0.05, 0.1) is 16.8 Å². The Morgan fingerprint density at radius 2 is 1.93 bits per heavy atom. The number of sulfonamides is 1. The van der Waals surface area contributed by atoms with E-state index in [4.69, 9.17) is 0 Å². The minimum Gasteiger partial charge on any atom is -0.340 e. The highest BCUT2D eigenvalue weighted by Crippen LogP contribution is 2.33. The molecule has 1 aliphatic heterocycles. The van der Waals surface area contributed by atoms with Gasteiger partial charge in [-0.1, -0.05) is 18.2 Å². The van der Waals surface area contributed by atoms with Gasteiger partial charge in [0.2, 0.25) is 0 Å². The first-order chi connectivity index (χ1) is 13.4. The topological polar surface area (TPSA) is 62.3 Å². The molecule has 1 aliphatic rings. The lowest BCUT2D eigenvalue weighted by atomic mass is 10.0. The molecule has 3 aromatic rings. The van der Waals surface area contributed by atoms with Gasteiger partial charge in [-0.2, -0.15) is 0 Å². The average Bonchev–Trinajstić information content (AvgIpc) is 2.70. The van der Waals surface area contributed by atoms with Gasteiger partial charge in [0.15, 0.2) is 0 Å². The number of nitrogens with zero attached hydrogens (tertiary/aromatic N) is 2. The lowest BCUT2D eigenvalue weighted by Crippen LogP contribution is -2.24. The first-order valence-electron chi connectivity index (χ1n) is 9.04. The lowest BCUT2D eigenvalue weighted by Gasteiger charge is -2.31. The standard InChI is InChI=1S/C21H20FN3O2S/c1-15-13-18(9-10-19(15)22)28(26,27)24-21-11-8-17(14-23-21)25-12-4-6-16-5-2-3-7-20(16)25/h2-3,5,7-11,13-14H,4,6,12H2,1H3,(H,23,24). The quantitative estimate of drug-likeness (QED) is 0.708. The van der Waals surface area contributed by atoms with Crippen molar-refractivity contribution in [3.8, 4) is 0 Å². The number of pyridine rings is 1. The summed E-state index contributed by atoms with van der Waals surface area (Å²) in [6.45, 7) is 2.41. The van der Waals surface area contributed by atoms with Crippen LogP contribution in [0.3, 0.4) is 0 Å². The summed E-state index contributed by atoms with van der Waals surface area (Å²) in [5.41, 5.74) is 3.64. The molecule has 144 valence electrons. The van der Waals surface area contributed by atoms with E-state index in [0.29, 0.717) is 0 Å². The van der Waals surface area contributed by atoms with Gasteiger partial charge in [-0.25, -0.2) is 17.8 Å². The maximum atomic E-state index is 13.4. The van der Waals surface area contributed by atoms with Crippen LogP contribution in [0.5, 0.6) is 0 Å². The van der Waals surface area contributed by atoms with Gasteiger partial charge in [-0.05, 0) is 67.3 Å². The van der Waals surface area contributed by atoms with Crippen LogP contribution in [0.15, 0.2) is 65.7 Å². The van der Waals surface area contributed by atoms with E-state index >= 15 is 0 Å². The molecule has 5 nitrogen and oxygen atoms in total. The summed E-state index contributed by atoms with van der Waals surface area (Å²) in [7, 11) is -3.83. The number of halogens is 1. The molecule has 0 unspecified atom stereocenters. The second-order valence-corrected chi connectivity index (χ2v) is 8.48. The SMILES string of the molecule is Cc1cc(S(=O)(=O)Nc2ccc(N3CCCc4ccccc43)cn2)ccc1F. The number of hydrogen-bond donors (Lipinski definition) is 1. The lowest BCUT2D eigenvalue weighted by molar-refractivity contribution is 0.598. The van der Waals surface area contributed by atoms with Crippen LogP contribution in [0.2, 0.25) is 0 Å². The van der Waals surface area contributed by atoms with E-state index < -0.39 is 15.8 Å². The van der Waals surface area contributed by atoms with Gasteiger partial charge in [0.1, 0.15) is 11.6 Å². The van der Waals surface area contributed by atoms with Crippen LogP contribution in [-0.4, -0.2) is 19.9 Å². The maximum absolute atomic E-state index is 13.4. The number of aryl methyl sites for hydroxylation is 2. The van der Waals surface area contributed by atoms with E-state index in [1.807, 2.05) is 18.2 Å². The van der Waals surface area contributed by atoms with Crippen molar-refractivity contribution in [2.75, 3.05) is 16.2 Å². The van der Waals surface area contributed by atoms with Crippen LogP contribution in [0.25, 0.3) is 0 Å². The number of aromatic nitrogens is 1. The van der Waals surface area contributed by atoms with Crippen LogP contribution in [0.4, 0.5) is 21.6 Å². The Bertz CT molecular complexity index is 1110. The molecule has 0 spiro atoms. The van der Waals surface area contributed by atoms with Crippen LogP contribution < -0.4 is 9.62 Å². The fourth-order valence-corrected chi connectivity index (χ4v) is 4.48. The highest BCUT2D eigenvalue weighted by Gasteiger charge is 2.19. The van der Waals surface area contributed by atoms with Crippen molar-refractivity contribution in [3.63, 3.8) is 0 Å². The van der Waals surface area contributed by atoms with Crippen molar-refractivity contribution in [2.24, 2.45) is 0 Å². The van der Waals surface area contributed by atoms with Crippen LogP contribution in [-0.2, 0) is 16.4 Å². The Kier molecular flexibility index (Phi) is 4.77. The number of nitrogens with one attached hydrogen (secondary N) is 1. The normalized spacial score (nSPS) is 13.9. The number of fused-ring (bicyclic) bond motifs is 1. The predicted octanol–water partition coefficient (Wildman–Crippen LogP) is 4.41. The molecular formula is C21H20FN3O2S. The summed E-state index contributed by atoms with van der Waals surface area (Å²) in [6, 6.07) is 15.4. The summed E-state index contributed by atoms with van der Waals surface area (Å²) in [5, 5.41) is 0. The van der Waals surface area contributed by atoms with E-state index in [1.165, 1.54) is 24.6 Å². The molecule has 0 radical (unpaired) electrons. The van der Waals surface area contributed by atoms with Crippen molar-refractivity contribution in [1.29, 1.82) is 0 Å². The van der Waals surface area contributed by atoms with Gasteiger partial charge in [-0.3, -0.25) is 4.72 Å². The molecule has 28 heavy (non-hydrogen) atoms. The second-order valence-electron chi connectivity index (χ2n) is 6.80. The number of anilines is 3. The molecule has 2 aromatic carbocycles. The first-order valence-corrected chi connectivity index (χ1v) is 10.5. The molecule has 0 atom stereocenters. The van der Waals surface area contributed by atoms with E-state index in [2.05, 4.69) is 26.7 Å². The monoisotopic (exact) mass is 397 g/mol. The number of rotatable bonds is 4. The number of hydrogen-bond acceptors (Lipinski definition) is 4. The minimum atomic E-state index is -3.83. The molecule has 0 fully saturated rings. The molecule has 1 N–H and O–H groups in total. The van der Waals surface area contributed by atoms with Gasteiger partial charge in [-0.15, -0.1) is 0 Å². The third kappa shape index (κ3) is 3.57. The summed E-state index contributed by atoms with van der Waals surface area (Å²) in [5.74, 6) is -0.223.